The molecular weight excluding hydrogens is 476 g/mol. The van der Waals surface area contributed by atoms with Crippen LogP contribution in [-0.2, 0) is 14.5 Å². The van der Waals surface area contributed by atoms with Crippen molar-refractivity contribution in [2.24, 2.45) is 9.52 Å². The number of rotatable bonds is 9. The van der Waals surface area contributed by atoms with Gasteiger partial charge in [0.2, 0.25) is 5.95 Å². The molecule has 1 aromatic carbocycles. The highest BCUT2D eigenvalue weighted by Crippen LogP contribution is 2.31. The Balaban J connectivity index is 1.80. The van der Waals surface area contributed by atoms with E-state index in [-0.39, 0.29) is 6.61 Å². The Morgan fingerprint density at radius 3 is 2.68 bits per heavy atom. The van der Waals surface area contributed by atoms with Gasteiger partial charge in [0.25, 0.3) is 0 Å². The molecule has 0 bridgehead atoms. The number of nitrogens with zero attached hydrogens (tertiary/aromatic N) is 4. The fraction of sp³-hybridized carbons (Fsp3) is 0.273. The van der Waals surface area contributed by atoms with E-state index in [1.807, 2.05) is 17.5 Å². The maximum Gasteiger partial charge on any atom is 0.442 e. The number of ether oxygens (including phenoxy) is 1. The van der Waals surface area contributed by atoms with Crippen molar-refractivity contribution in [1.82, 2.24) is 9.97 Å². The third-order valence-corrected chi connectivity index (χ3v) is 7.14. The van der Waals surface area contributed by atoms with Crippen LogP contribution in [0.2, 0.25) is 0 Å². The number of carbonyl (C=O) groups is 1. The molecule has 3 rings (SSSR count). The number of oxime groups is 1. The van der Waals surface area contributed by atoms with Gasteiger partial charge < -0.3 is 20.6 Å². The lowest BCUT2D eigenvalue weighted by Gasteiger charge is -2.12. The summed E-state index contributed by atoms with van der Waals surface area (Å²) in [5, 5.41) is 20.4. The third-order valence-electron chi connectivity index (χ3n) is 4.59. The lowest BCUT2D eigenvalue weighted by molar-refractivity contribution is 0.164. The summed E-state index contributed by atoms with van der Waals surface area (Å²) in [4.78, 5) is 22.1. The minimum Gasteiger partial charge on any atom is -0.448 e. The number of hydrogen-bond acceptors (Lipinski definition) is 10. The number of carbonyl (C=O) groups excluding carboxylic acids is 1. The summed E-state index contributed by atoms with van der Waals surface area (Å²) >= 11 is 1.58. The summed E-state index contributed by atoms with van der Waals surface area (Å²) < 4.78 is 21.2. The van der Waals surface area contributed by atoms with E-state index in [2.05, 4.69) is 30.1 Å². The zero-order valence-electron chi connectivity index (χ0n) is 19.0. The van der Waals surface area contributed by atoms with Crippen molar-refractivity contribution in [2.45, 2.75) is 25.2 Å². The maximum absolute atomic E-state index is 12.8. The topological polar surface area (TPSA) is 138 Å². The summed E-state index contributed by atoms with van der Waals surface area (Å²) in [6.07, 6.45) is 2.83. The number of amides is 1. The van der Waals surface area contributed by atoms with Gasteiger partial charge in [-0.3, -0.25) is 0 Å². The van der Waals surface area contributed by atoms with Crippen molar-refractivity contribution in [1.29, 1.82) is 0 Å². The Bertz CT molecular complexity index is 1270. The van der Waals surface area contributed by atoms with Crippen LogP contribution in [0.25, 0.3) is 10.4 Å². The fourth-order valence-corrected chi connectivity index (χ4v) is 4.69. The number of hydrogen-bond donors (Lipinski definition) is 3. The second-order valence-electron chi connectivity index (χ2n) is 7.19. The lowest BCUT2D eigenvalue weighted by Crippen LogP contribution is -2.10. The highest BCUT2D eigenvalue weighted by Gasteiger charge is 2.13. The van der Waals surface area contributed by atoms with Crippen molar-refractivity contribution >= 4 is 50.3 Å². The average Bonchev–Trinajstić information content (AvgIpc) is 3.34. The Kier molecular flexibility index (Phi) is 8.55. The molecule has 3 aromatic rings. The summed E-state index contributed by atoms with van der Waals surface area (Å²) in [6.45, 7) is 4.10. The van der Waals surface area contributed by atoms with E-state index < -0.39 is 15.8 Å². The average molecular weight is 503 g/mol. The predicted octanol–water partition coefficient (Wildman–Crippen LogP) is 5.21. The molecule has 0 aliphatic carbocycles. The van der Waals surface area contributed by atoms with E-state index in [0.717, 1.165) is 10.4 Å². The van der Waals surface area contributed by atoms with Gasteiger partial charge in [-0.05, 0) is 49.6 Å². The molecule has 2 heterocycles. The van der Waals surface area contributed by atoms with Gasteiger partial charge in [0.1, 0.15) is 5.82 Å². The molecule has 0 fully saturated rings. The molecule has 0 saturated heterocycles. The van der Waals surface area contributed by atoms with E-state index in [1.54, 1.807) is 55.6 Å². The molecule has 0 spiro atoms. The second-order valence-corrected chi connectivity index (χ2v) is 10.4. The third kappa shape index (κ3) is 6.75. The first-order chi connectivity index (χ1) is 16.3. The van der Waals surface area contributed by atoms with Gasteiger partial charge >= 0.3 is 6.09 Å². The number of aromatic nitrogens is 2. The summed E-state index contributed by atoms with van der Waals surface area (Å²) in [6, 6.07) is 10.6. The van der Waals surface area contributed by atoms with Crippen molar-refractivity contribution < 1.29 is 18.9 Å². The monoisotopic (exact) mass is 502 g/mol. The van der Waals surface area contributed by atoms with Gasteiger partial charge in [0, 0.05) is 40.9 Å². The van der Waals surface area contributed by atoms with Crippen molar-refractivity contribution in [2.75, 3.05) is 30.0 Å². The normalized spacial score (nSPS) is 13.1. The van der Waals surface area contributed by atoms with E-state index in [0.29, 0.717) is 41.0 Å². The molecule has 3 N–H and O–H groups in total. The Hall–Kier alpha value is -3.51. The molecule has 0 radical (unpaired) electrons. The molecule has 2 aromatic heterocycles. The minimum atomic E-state index is -2.92. The highest BCUT2D eigenvalue weighted by atomic mass is 32.2. The lowest BCUT2D eigenvalue weighted by atomic mass is 10.2. The number of nitrogens with one attached hydrogen (secondary N) is 2. The molecule has 1 amide bonds. The van der Waals surface area contributed by atoms with Crippen LogP contribution >= 0.6 is 11.3 Å². The van der Waals surface area contributed by atoms with Gasteiger partial charge in [-0.1, -0.05) is 11.2 Å². The fourth-order valence-electron chi connectivity index (χ4n) is 2.87. The van der Waals surface area contributed by atoms with Crippen LogP contribution in [0.15, 0.2) is 62.4 Å². The Morgan fingerprint density at radius 2 is 2.03 bits per heavy atom. The summed E-state index contributed by atoms with van der Waals surface area (Å²) in [5.74, 6) is 1.02. The zero-order chi connectivity index (χ0) is 24.6. The minimum absolute atomic E-state index is 0.164. The first-order valence-corrected chi connectivity index (χ1v) is 13.2. The SMILES string of the molecule is CCOC(=O)N=S(C)(=O)c1ccc(Nc2ncc(-c3cccs3)c(NCC/C(C)=N/O)n2)cc1. The molecule has 0 aliphatic rings. The maximum atomic E-state index is 12.8. The highest BCUT2D eigenvalue weighted by molar-refractivity contribution is 7.93. The number of thiophene rings is 1. The van der Waals surface area contributed by atoms with E-state index in [9.17, 15) is 9.00 Å². The first-order valence-electron chi connectivity index (χ1n) is 10.4. The smallest absolute Gasteiger partial charge is 0.442 e. The van der Waals surface area contributed by atoms with Crippen molar-refractivity contribution in [3.8, 4) is 10.4 Å². The van der Waals surface area contributed by atoms with Crippen molar-refractivity contribution in [3.05, 3.63) is 48.0 Å². The molecule has 34 heavy (non-hydrogen) atoms. The van der Waals surface area contributed by atoms with E-state index >= 15 is 0 Å². The number of benzene rings is 1. The molecule has 1 atom stereocenters. The van der Waals surface area contributed by atoms with E-state index in [1.165, 1.54) is 6.26 Å². The van der Waals surface area contributed by atoms with Crippen LogP contribution in [0.5, 0.6) is 0 Å². The molecule has 1 unspecified atom stereocenters. The first kappa shape index (κ1) is 25.1. The van der Waals surface area contributed by atoms with Crippen LogP contribution in [0.3, 0.4) is 0 Å². The van der Waals surface area contributed by atoms with Crippen LogP contribution in [-0.4, -0.2) is 50.6 Å². The van der Waals surface area contributed by atoms with E-state index in [4.69, 9.17) is 9.94 Å². The van der Waals surface area contributed by atoms with Crippen LogP contribution in [0.4, 0.5) is 22.2 Å². The van der Waals surface area contributed by atoms with Gasteiger partial charge in [-0.15, -0.1) is 15.7 Å². The molecular formula is C22H26N6O4S2. The van der Waals surface area contributed by atoms with Gasteiger partial charge in [-0.2, -0.15) is 4.98 Å². The molecule has 12 heteroatoms. The number of anilines is 3. The summed E-state index contributed by atoms with van der Waals surface area (Å²) in [7, 11) is -2.92. The zero-order valence-corrected chi connectivity index (χ0v) is 20.7. The van der Waals surface area contributed by atoms with Crippen LogP contribution in [0, 0.1) is 0 Å². The Labute approximate surface area is 202 Å². The van der Waals surface area contributed by atoms with Crippen LogP contribution < -0.4 is 10.6 Å². The van der Waals surface area contributed by atoms with Crippen LogP contribution in [0.1, 0.15) is 20.3 Å². The largest absolute Gasteiger partial charge is 0.448 e. The quantitative estimate of drug-likeness (QED) is 0.206. The molecule has 10 nitrogen and oxygen atoms in total. The van der Waals surface area contributed by atoms with Gasteiger partial charge in [-0.25, -0.2) is 14.0 Å². The van der Waals surface area contributed by atoms with Crippen molar-refractivity contribution in [3.63, 3.8) is 0 Å². The summed E-state index contributed by atoms with van der Waals surface area (Å²) in [5.41, 5.74) is 2.15. The molecule has 0 aliphatic heterocycles. The predicted molar refractivity (Wildman–Crippen MR) is 135 cm³/mol. The van der Waals surface area contributed by atoms with Gasteiger partial charge in [0.15, 0.2) is 0 Å². The Morgan fingerprint density at radius 1 is 1.26 bits per heavy atom. The standard InChI is InChI=1S/C22H26N6O4S2/c1-4-32-22(29)28-34(3,31)17-9-7-16(8-10-17)25-21-24-14-18(19-6-5-13-33-19)20(26-21)23-12-11-15(2)27-30/h5-10,13-14,30H,4,11-12H2,1-3H3,(H2,23,24,25,26)/b27-15+. The van der Waals surface area contributed by atoms with Gasteiger partial charge in [0.05, 0.1) is 27.6 Å². The second kappa shape index (κ2) is 11.6. The molecule has 180 valence electrons. The molecule has 0 saturated carbocycles.